The molecule has 140 valence electrons. The standard InChI is InChI=1S/C20H19N7O/c1-12-4-6-15(26-24-12)10-21-20-16-8-14(17-7-5-13(2)25-27-17)9-18(28-3)19(16)22-11-23-20/h4-9,11H,10H2,1-3H3,(H,21,22,23). The van der Waals surface area contributed by atoms with Crippen LogP contribution in [-0.4, -0.2) is 37.5 Å². The van der Waals surface area contributed by atoms with Gasteiger partial charge in [0, 0.05) is 10.9 Å². The molecule has 0 spiro atoms. The van der Waals surface area contributed by atoms with Gasteiger partial charge in [-0.05, 0) is 50.2 Å². The molecule has 0 amide bonds. The van der Waals surface area contributed by atoms with Gasteiger partial charge in [0.15, 0.2) is 0 Å². The topological polar surface area (TPSA) is 98.6 Å². The average molecular weight is 373 g/mol. The normalized spacial score (nSPS) is 10.8. The van der Waals surface area contributed by atoms with Gasteiger partial charge in [0.1, 0.15) is 23.4 Å². The van der Waals surface area contributed by atoms with Crippen LogP contribution in [0.4, 0.5) is 5.82 Å². The molecule has 8 nitrogen and oxygen atoms in total. The zero-order valence-corrected chi connectivity index (χ0v) is 15.8. The number of fused-ring (bicyclic) bond motifs is 1. The molecule has 3 heterocycles. The second-order valence-corrected chi connectivity index (χ2v) is 6.38. The minimum absolute atomic E-state index is 0.496. The summed E-state index contributed by atoms with van der Waals surface area (Å²) in [5.74, 6) is 1.34. The highest BCUT2D eigenvalue weighted by atomic mass is 16.5. The molecule has 0 aliphatic rings. The fourth-order valence-electron chi connectivity index (χ4n) is 2.83. The number of hydrogen-bond donors (Lipinski definition) is 1. The number of anilines is 1. The van der Waals surface area contributed by atoms with E-state index in [2.05, 4.69) is 35.7 Å². The minimum atomic E-state index is 0.496. The van der Waals surface area contributed by atoms with E-state index < -0.39 is 0 Å². The fraction of sp³-hybridized carbons (Fsp3) is 0.200. The van der Waals surface area contributed by atoms with Crippen molar-refractivity contribution in [2.75, 3.05) is 12.4 Å². The van der Waals surface area contributed by atoms with E-state index in [0.717, 1.165) is 39.2 Å². The molecular formula is C20H19N7O. The lowest BCUT2D eigenvalue weighted by Crippen LogP contribution is -2.06. The number of benzene rings is 1. The number of nitrogens with zero attached hydrogens (tertiary/aromatic N) is 6. The Bertz CT molecular complexity index is 1110. The summed E-state index contributed by atoms with van der Waals surface area (Å²) in [5, 5.41) is 20.8. The summed E-state index contributed by atoms with van der Waals surface area (Å²) >= 11 is 0. The summed E-state index contributed by atoms with van der Waals surface area (Å²) < 4.78 is 5.56. The number of methoxy groups -OCH3 is 1. The van der Waals surface area contributed by atoms with Crippen molar-refractivity contribution in [3.8, 4) is 17.0 Å². The van der Waals surface area contributed by atoms with Crippen LogP contribution in [0, 0.1) is 13.8 Å². The molecule has 3 aromatic heterocycles. The summed E-state index contributed by atoms with van der Waals surface area (Å²) in [7, 11) is 1.62. The lowest BCUT2D eigenvalue weighted by molar-refractivity contribution is 0.419. The van der Waals surface area contributed by atoms with E-state index in [9.17, 15) is 0 Å². The molecule has 0 aliphatic carbocycles. The lowest BCUT2D eigenvalue weighted by Gasteiger charge is -2.12. The van der Waals surface area contributed by atoms with E-state index in [1.807, 2.05) is 50.2 Å². The maximum absolute atomic E-state index is 5.56. The lowest BCUT2D eigenvalue weighted by atomic mass is 10.1. The number of ether oxygens (including phenoxy) is 1. The summed E-state index contributed by atoms with van der Waals surface area (Å²) in [4.78, 5) is 8.79. The van der Waals surface area contributed by atoms with Crippen LogP contribution in [0.15, 0.2) is 42.7 Å². The molecule has 0 radical (unpaired) electrons. The minimum Gasteiger partial charge on any atom is -0.494 e. The van der Waals surface area contributed by atoms with Crippen LogP contribution in [-0.2, 0) is 6.54 Å². The molecule has 1 aromatic carbocycles. The Morgan fingerprint density at radius 1 is 0.893 bits per heavy atom. The van der Waals surface area contributed by atoms with Crippen molar-refractivity contribution in [1.29, 1.82) is 0 Å². The van der Waals surface area contributed by atoms with Crippen molar-refractivity contribution >= 4 is 16.7 Å². The second-order valence-electron chi connectivity index (χ2n) is 6.38. The molecule has 8 heteroatoms. The third kappa shape index (κ3) is 3.57. The Balaban J connectivity index is 1.75. The maximum Gasteiger partial charge on any atom is 0.145 e. The third-order valence-corrected chi connectivity index (χ3v) is 4.31. The molecular weight excluding hydrogens is 354 g/mol. The summed E-state index contributed by atoms with van der Waals surface area (Å²) in [5.41, 5.74) is 4.92. The van der Waals surface area contributed by atoms with E-state index in [1.54, 1.807) is 7.11 Å². The van der Waals surface area contributed by atoms with Gasteiger partial charge in [-0.1, -0.05) is 0 Å². The van der Waals surface area contributed by atoms with Crippen LogP contribution in [0.25, 0.3) is 22.2 Å². The monoisotopic (exact) mass is 373 g/mol. The Labute approximate surface area is 162 Å². The van der Waals surface area contributed by atoms with E-state index in [0.29, 0.717) is 18.1 Å². The van der Waals surface area contributed by atoms with Crippen molar-refractivity contribution in [2.24, 2.45) is 0 Å². The quantitative estimate of drug-likeness (QED) is 0.570. The van der Waals surface area contributed by atoms with E-state index in [-0.39, 0.29) is 0 Å². The first-order valence-corrected chi connectivity index (χ1v) is 8.80. The molecule has 0 atom stereocenters. The highest BCUT2D eigenvalue weighted by molar-refractivity contribution is 5.96. The van der Waals surface area contributed by atoms with Crippen molar-refractivity contribution in [3.63, 3.8) is 0 Å². The summed E-state index contributed by atoms with van der Waals surface area (Å²) in [6.45, 7) is 4.31. The van der Waals surface area contributed by atoms with Gasteiger partial charge in [0.2, 0.25) is 0 Å². The first-order chi connectivity index (χ1) is 13.6. The van der Waals surface area contributed by atoms with Gasteiger partial charge in [-0.2, -0.15) is 20.4 Å². The molecule has 0 saturated carbocycles. The number of aryl methyl sites for hydroxylation is 2. The van der Waals surface area contributed by atoms with Crippen molar-refractivity contribution in [1.82, 2.24) is 30.4 Å². The maximum atomic E-state index is 5.56. The van der Waals surface area contributed by atoms with Crippen molar-refractivity contribution in [3.05, 3.63) is 59.8 Å². The Kier molecular flexibility index (Phi) is 4.76. The predicted molar refractivity (Wildman–Crippen MR) is 106 cm³/mol. The summed E-state index contributed by atoms with van der Waals surface area (Å²) in [6.07, 6.45) is 1.51. The number of rotatable bonds is 5. The van der Waals surface area contributed by atoms with Gasteiger partial charge in [0.25, 0.3) is 0 Å². The average Bonchev–Trinajstić information content (AvgIpc) is 2.73. The summed E-state index contributed by atoms with van der Waals surface area (Å²) in [6, 6.07) is 11.6. The van der Waals surface area contributed by atoms with Crippen LogP contribution in [0.2, 0.25) is 0 Å². The first-order valence-electron chi connectivity index (χ1n) is 8.80. The van der Waals surface area contributed by atoms with Gasteiger partial charge < -0.3 is 10.1 Å². The highest BCUT2D eigenvalue weighted by Crippen LogP contribution is 2.33. The van der Waals surface area contributed by atoms with E-state index >= 15 is 0 Å². The van der Waals surface area contributed by atoms with Gasteiger partial charge in [-0.15, -0.1) is 0 Å². The van der Waals surface area contributed by atoms with Crippen LogP contribution >= 0.6 is 0 Å². The third-order valence-electron chi connectivity index (χ3n) is 4.31. The first kappa shape index (κ1) is 17.7. The van der Waals surface area contributed by atoms with E-state index in [1.165, 1.54) is 6.33 Å². The molecule has 0 aliphatic heterocycles. The van der Waals surface area contributed by atoms with Crippen LogP contribution < -0.4 is 10.1 Å². The molecule has 0 bridgehead atoms. The van der Waals surface area contributed by atoms with Gasteiger partial charge in [-0.3, -0.25) is 0 Å². The molecule has 4 rings (SSSR count). The fourth-order valence-corrected chi connectivity index (χ4v) is 2.83. The highest BCUT2D eigenvalue weighted by Gasteiger charge is 2.13. The Morgan fingerprint density at radius 3 is 2.36 bits per heavy atom. The zero-order valence-electron chi connectivity index (χ0n) is 15.8. The molecule has 0 fully saturated rings. The van der Waals surface area contributed by atoms with Gasteiger partial charge in [-0.25, -0.2) is 9.97 Å². The number of nitrogens with one attached hydrogen (secondary N) is 1. The van der Waals surface area contributed by atoms with Gasteiger partial charge in [0.05, 0.1) is 36.4 Å². The van der Waals surface area contributed by atoms with Crippen molar-refractivity contribution in [2.45, 2.75) is 20.4 Å². The smallest absolute Gasteiger partial charge is 0.145 e. The van der Waals surface area contributed by atoms with Gasteiger partial charge >= 0.3 is 0 Å². The zero-order chi connectivity index (χ0) is 19.5. The van der Waals surface area contributed by atoms with Crippen LogP contribution in [0.5, 0.6) is 5.75 Å². The Morgan fingerprint density at radius 2 is 1.68 bits per heavy atom. The van der Waals surface area contributed by atoms with E-state index in [4.69, 9.17) is 4.74 Å². The van der Waals surface area contributed by atoms with Crippen molar-refractivity contribution < 1.29 is 4.74 Å². The SMILES string of the molecule is COc1cc(-c2ccc(C)nn2)cc2c(NCc3ccc(C)nn3)ncnc12. The number of hydrogen-bond acceptors (Lipinski definition) is 8. The second kappa shape index (κ2) is 7.51. The molecule has 4 aromatic rings. The van der Waals surface area contributed by atoms with Crippen LogP contribution in [0.3, 0.4) is 0 Å². The number of aromatic nitrogens is 6. The Hall–Kier alpha value is -3.68. The van der Waals surface area contributed by atoms with Crippen LogP contribution in [0.1, 0.15) is 17.1 Å². The molecule has 0 saturated heterocycles. The molecule has 1 N–H and O–H groups in total. The molecule has 0 unspecified atom stereocenters. The molecule has 28 heavy (non-hydrogen) atoms. The predicted octanol–water partition coefficient (Wildman–Crippen LogP) is 3.11. The largest absolute Gasteiger partial charge is 0.494 e.